The van der Waals surface area contributed by atoms with Crippen LogP contribution in [-0.4, -0.2) is 39.5 Å². The monoisotopic (exact) mass is 326 g/mol. The maximum atomic E-state index is 12.7. The van der Waals surface area contributed by atoms with Crippen LogP contribution in [0, 0.1) is 6.92 Å². The first kappa shape index (κ1) is 14.7. The third kappa shape index (κ3) is 2.31. The van der Waals surface area contributed by atoms with Crippen LogP contribution >= 0.6 is 0 Å². The highest BCUT2D eigenvalue weighted by Crippen LogP contribution is 2.24. The van der Waals surface area contributed by atoms with Crippen molar-refractivity contribution in [2.24, 2.45) is 0 Å². The second-order valence-electron chi connectivity index (χ2n) is 6.00. The lowest BCUT2D eigenvalue weighted by Gasteiger charge is -2.29. The number of hydrogen-bond donors (Lipinski definition) is 2. The van der Waals surface area contributed by atoms with Crippen molar-refractivity contribution in [3.8, 4) is 0 Å². The number of imidazole rings is 1. The Morgan fingerprint density at radius 3 is 2.58 bits per heavy atom. The highest BCUT2D eigenvalue weighted by molar-refractivity contribution is 6.02. The average Bonchev–Trinajstić information content (AvgIpc) is 3.26. The zero-order chi connectivity index (χ0) is 16.7. The molecule has 1 fully saturated rings. The largest absolute Gasteiger partial charge is 0.351 e. The summed E-state index contributed by atoms with van der Waals surface area (Å²) in [5, 5.41) is 1.37. The third-order valence-corrected chi connectivity index (χ3v) is 4.34. The molecule has 124 valence electrons. The second-order valence-corrected chi connectivity index (χ2v) is 6.00. The Morgan fingerprint density at radius 1 is 1.17 bits per heavy atom. The lowest BCUT2D eigenvalue weighted by atomic mass is 10.2. The summed E-state index contributed by atoms with van der Waals surface area (Å²) >= 11 is 0. The molecule has 1 aromatic heterocycles. The van der Waals surface area contributed by atoms with Crippen molar-refractivity contribution in [3.05, 3.63) is 41.9 Å². The number of hydrazine groups is 2. The third-order valence-electron chi connectivity index (χ3n) is 4.34. The summed E-state index contributed by atoms with van der Waals surface area (Å²) in [5.74, 6) is 0.229. The van der Waals surface area contributed by atoms with Gasteiger partial charge >= 0.3 is 6.03 Å². The number of aromatic nitrogens is 2. The Kier molecular flexibility index (Phi) is 3.46. The van der Waals surface area contributed by atoms with Gasteiger partial charge < -0.3 is 4.90 Å². The summed E-state index contributed by atoms with van der Waals surface area (Å²) < 4.78 is 1.35. The second kappa shape index (κ2) is 5.64. The van der Waals surface area contributed by atoms with E-state index >= 15 is 0 Å². The number of carbonyl (C=O) groups is 2. The molecule has 2 aliphatic heterocycles. The predicted molar refractivity (Wildman–Crippen MR) is 88.6 cm³/mol. The summed E-state index contributed by atoms with van der Waals surface area (Å²) in [6, 6.07) is 7.23. The topological polar surface area (TPSA) is 82.5 Å². The van der Waals surface area contributed by atoms with Crippen molar-refractivity contribution in [2.45, 2.75) is 19.8 Å². The van der Waals surface area contributed by atoms with Crippen molar-refractivity contribution in [2.75, 3.05) is 23.5 Å². The van der Waals surface area contributed by atoms with E-state index in [0.29, 0.717) is 11.5 Å². The van der Waals surface area contributed by atoms with Crippen molar-refractivity contribution >= 4 is 23.4 Å². The first-order valence-electron chi connectivity index (χ1n) is 7.94. The molecule has 0 bridgehead atoms. The average molecular weight is 326 g/mol. The molecule has 3 heterocycles. The molecule has 2 amide bonds. The quantitative estimate of drug-likeness (QED) is 0.878. The van der Waals surface area contributed by atoms with Gasteiger partial charge in [0.05, 0.1) is 5.69 Å². The number of hydrogen-bond acceptors (Lipinski definition) is 5. The zero-order valence-corrected chi connectivity index (χ0v) is 13.3. The van der Waals surface area contributed by atoms with E-state index in [1.807, 2.05) is 31.2 Å². The fourth-order valence-corrected chi connectivity index (χ4v) is 2.97. The van der Waals surface area contributed by atoms with Gasteiger partial charge in [-0.2, -0.15) is 0 Å². The first-order chi connectivity index (χ1) is 11.6. The van der Waals surface area contributed by atoms with E-state index in [9.17, 15) is 9.59 Å². The molecule has 2 aliphatic rings. The minimum absolute atomic E-state index is 0.146. The van der Waals surface area contributed by atoms with E-state index in [0.717, 1.165) is 31.5 Å². The van der Waals surface area contributed by atoms with Crippen LogP contribution in [-0.2, 0) is 0 Å². The molecule has 4 rings (SSSR count). The molecular weight excluding hydrogens is 308 g/mol. The van der Waals surface area contributed by atoms with Gasteiger partial charge in [-0.05, 0) is 31.9 Å². The fourth-order valence-electron chi connectivity index (χ4n) is 2.97. The van der Waals surface area contributed by atoms with Gasteiger partial charge in [-0.1, -0.05) is 17.7 Å². The molecular formula is C16H18N6O2. The van der Waals surface area contributed by atoms with Gasteiger partial charge in [0.1, 0.15) is 6.33 Å². The Hall–Kier alpha value is -2.87. The van der Waals surface area contributed by atoms with Gasteiger partial charge in [0.15, 0.2) is 11.5 Å². The van der Waals surface area contributed by atoms with Crippen molar-refractivity contribution in [1.82, 2.24) is 20.0 Å². The number of likely N-dealkylation sites (tertiary alicyclic amines) is 1. The number of carbonyl (C=O) groups excluding carboxylic acids is 2. The van der Waals surface area contributed by atoms with Crippen LogP contribution in [0.25, 0.3) is 0 Å². The van der Waals surface area contributed by atoms with Crippen molar-refractivity contribution in [1.29, 1.82) is 0 Å². The van der Waals surface area contributed by atoms with Crippen LogP contribution < -0.4 is 16.0 Å². The Bertz CT molecular complexity index is 791. The highest BCUT2D eigenvalue weighted by atomic mass is 16.2. The molecule has 0 unspecified atom stereocenters. The zero-order valence-electron chi connectivity index (χ0n) is 13.3. The van der Waals surface area contributed by atoms with Gasteiger partial charge in [0.2, 0.25) is 0 Å². The number of aryl methyl sites for hydroxylation is 1. The lowest BCUT2D eigenvalue weighted by molar-refractivity contribution is 0.0788. The number of amides is 2. The molecule has 2 aromatic rings. The van der Waals surface area contributed by atoms with Gasteiger partial charge in [-0.25, -0.2) is 19.4 Å². The van der Waals surface area contributed by atoms with Gasteiger partial charge in [0, 0.05) is 13.1 Å². The van der Waals surface area contributed by atoms with E-state index in [1.165, 1.54) is 15.9 Å². The van der Waals surface area contributed by atoms with Crippen LogP contribution in [0.2, 0.25) is 0 Å². The van der Waals surface area contributed by atoms with E-state index in [1.54, 1.807) is 4.90 Å². The van der Waals surface area contributed by atoms with Gasteiger partial charge in [0.25, 0.3) is 5.91 Å². The maximum Gasteiger partial charge on any atom is 0.351 e. The Balaban J connectivity index is 1.62. The molecule has 0 radical (unpaired) electrons. The SMILES string of the molecule is Cc1ccc(N2NNc3c(C(=O)N4CCCC4)ncn3C2=O)cc1. The number of nitrogens with one attached hydrogen (secondary N) is 2. The molecule has 0 saturated carbocycles. The smallest absolute Gasteiger partial charge is 0.337 e. The minimum Gasteiger partial charge on any atom is -0.337 e. The molecule has 24 heavy (non-hydrogen) atoms. The number of fused-ring (bicyclic) bond motifs is 1. The van der Waals surface area contributed by atoms with Crippen LogP contribution in [0.5, 0.6) is 0 Å². The van der Waals surface area contributed by atoms with Crippen LogP contribution in [0.15, 0.2) is 30.6 Å². The van der Waals surface area contributed by atoms with Crippen LogP contribution in [0.1, 0.15) is 28.9 Å². The Morgan fingerprint density at radius 2 is 1.88 bits per heavy atom. The minimum atomic E-state index is -0.319. The molecule has 0 atom stereocenters. The molecule has 1 aromatic carbocycles. The normalized spacial score (nSPS) is 17.0. The van der Waals surface area contributed by atoms with E-state index in [-0.39, 0.29) is 17.6 Å². The predicted octanol–water partition coefficient (Wildman–Crippen LogP) is 1.75. The van der Waals surface area contributed by atoms with Gasteiger partial charge in [-0.15, -0.1) is 5.53 Å². The molecule has 0 spiro atoms. The van der Waals surface area contributed by atoms with Crippen LogP contribution in [0.3, 0.4) is 0 Å². The standard InChI is InChI=1S/C16H18N6O2/c1-11-4-6-12(7-5-11)22-16(24)21-10-17-13(14(21)18-19-22)15(23)20-8-2-3-9-20/h4-7,10,18-19H,2-3,8-9H2,1H3. The molecule has 8 nitrogen and oxygen atoms in total. The highest BCUT2D eigenvalue weighted by Gasteiger charge is 2.32. The molecule has 2 N–H and O–H groups in total. The van der Waals surface area contributed by atoms with E-state index in [4.69, 9.17) is 0 Å². The summed E-state index contributed by atoms with van der Waals surface area (Å²) in [4.78, 5) is 31.1. The van der Waals surface area contributed by atoms with Gasteiger partial charge in [-0.3, -0.25) is 10.2 Å². The number of benzene rings is 1. The number of anilines is 2. The summed E-state index contributed by atoms with van der Waals surface area (Å²) in [7, 11) is 0. The maximum absolute atomic E-state index is 12.7. The van der Waals surface area contributed by atoms with Crippen molar-refractivity contribution in [3.63, 3.8) is 0 Å². The summed E-state index contributed by atoms with van der Waals surface area (Å²) in [5.41, 5.74) is 7.83. The fraction of sp³-hybridized carbons (Fsp3) is 0.312. The van der Waals surface area contributed by atoms with E-state index in [2.05, 4.69) is 15.9 Å². The molecule has 0 aliphatic carbocycles. The van der Waals surface area contributed by atoms with Crippen LogP contribution in [0.4, 0.5) is 16.3 Å². The van der Waals surface area contributed by atoms with Crippen molar-refractivity contribution < 1.29 is 9.59 Å². The summed E-state index contributed by atoms with van der Waals surface area (Å²) in [6.07, 6.45) is 3.40. The lowest BCUT2D eigenvalue weighted by Crippen LogP contribution is -2.53. The first-order valence-corrected chi connectivity index (χ1v) is 7.94. The number of rotatable bonds is 2. The Labute approximate surface area is 139 Å². The molecule has 1 saturated heterocycles. The molecule has 8 heteroatoms. The number of nitrogens with zero attached hydrogens (tertiary/aromatic N) is 4. The van der Waals surface area contributed by atoms with E-state index < -0.39 is 0 Å². The summed E-state index contributed by atoms with van der Waals surface area (Å²) in [6.45, 7) is 3.46.